The SMILES string of the molecule is Oc1ccc([C@H](O)CN2C[C@H]3C[C@H](Oc4ccccc4)[C@H](O)[C@@]3(O)C2)nc1F. The van der Waals surface area contributed by atoms with Gasteiger partial charge in [-0.1, -0.05) is 18.2 Å². The molecule has 2 aliphatic rings. The summed E-state index contributed by atoms with van der Waals surface area (Å²) in [5.41, 5.74) is -1.22. The molecule has 8 heteroatoms. The monoisotopic (exact) mass is 390 g/mol. The number of rotatable bonds is 5. The molecule has 1 saturated heterocycles. The second-order valence-corrected chi connectivity index (χ2v) is 7.59. The molecule has 0 amide bonds. The number of pyridine rings is 1. The summed E-state index contributed by atoms with van der Waals surface area (Å²) in [4.78, 5) is 5.38. The Morgan fingerprint density at radius 1 is 1.25 bits per heavy atom. The van der Waals surface area contributed by atoms with E-state index in [0.29, 0.717) is 18.7 Å². The highest BCUT2D eigenvalue weighted by Crippen LogP contribution is 2.43. The maximum Gasteiger partial charge on any atom is 0.255 e. The summed E-state index contributed by atoms with van der Waals surface area (Å²) in [6, 6.07) is 11.7. The molecule has 1 saturated carbocycles. The van der Waals surface area contributed by atoms with E-state index in [1.54, 1.807) is 12.1 Å². The quantitative estimate of drug-likeness (QED) is 0.561. The lowest BCUT2D eigenvalue weighted by Gasteiger charge is -2.29. The van der Waals surface area contributed by atoms with E-state index in [1.165, 1.54) is 6.07 Å². The molecule has 1 aromatic carbocycles. The largest absolute Gasteiger partial charge is 0.504 e. The van der Waals surface area contributed by atoms with E-state index < -0.39 is 35.6 Å². The third-order valence-electron chi connectivity index (χ3n) is 5.70. The first-order valence-corrected chi connectivity index (χ1v) is 9.25. The van der Waals surface area contributed by atoms with Crippen LogP contribution >= 0.6 is 0 Å². The number of aliphatic hydroxyl groups is 3. The molecule has 150 valence electrons. The Bertz CT molecular complexity index is 839. The van der Waals surface area contributed by atoms with Gasteiger partial charge in [0.15, 0.2) is 5.75 Å². The lowest BCUT2D eigenvalue weighted by Crippen LogP contribution is -2.49. The number of likely N-dealkylation sites (tertiary alicyclic amines) is 1. The summed E-state index contributed by atoms with van der Waals surface area (Å²) >= 11 is 0. The number of hydrogen-bond acceptors (Lipinski definition) is 7. The zero-order chi connectivity index (χ0) is 19.9. The van der Waals surface area contributed by atoms with Gasteiger partial charge in [-0.05, 0) is 30.7 Å². The fraction of sp³-hybridized carbons (Fsp3) is 0.450. The maximum atomic E-state index is 13.4. The number of benzene rings is 1. The molecule has 2 aromatic rings. The van der Waals surface area contributed by atoms with Gasteiger partial charge >= 0.3 is 0 Å². The second kappa shape index (κ2) is 7.29. The number of aromatic nitrogens is 1. The number of β-amino-alcohol motifs (C(OH)–C–C–N with tert-alkyl or cyclic N) is 2. The molecule has 4 N–H and O–H groups in total. The minimum atomic E-state index is -1.33. The van der Waals surface area contributed by atoms with Crippen molar-refractivity contribution in [3.63, 3.8) is 0 Å². The van der Waals surface area contributed by atoms with E-state index >= 15 is 0 Å². The summed E-state index contributed by atoms with van der Waals surface area (Å²) in [5.74, 6) is -1.17. The number of halogens is 1. The summed E-state index contributed by atoms with van der Waals surface area (Å²) in [7, 11) is 0. The Hall–Kier alpha value is -2.26. The van der Waals surface area contributed by atoms with Crippen molar-refractivity contribution < 1.29 is 29.6 Å². The van der Waals surface area contributed by atoms with Crippen LogP contribution in [0.4, 0.5) is 4.39 Å². The van der Waals surface area contributed by atoms with E-state index in [4.69, 9.17) is 4.74 Å². The van der Waals surface area contributed by atoms with Crippen molar-refractivity contribution in [2.45, 2.75) is 30.3 Å². The highest BCUT2D eigenvalue weighted by atomic mass is 19.1. The molecule has 7 nitrogen and oxygen atoms in total. The minimum Gasteiger partial charge on any atom is -0.504 e. The lowest BCUT2D eigenvalue weighted by molar-refractivity contribution is -0.0876. The van der Waals surface area contributed by atoms with Gasteiger partial charge in [-0.25, -0.2) is 4.98 Å². The molecule has 0 bridgehead atoms. The Labute approximate surface area is 161 Å². The predicted molar refractivity (Wildman–Crippen MR) is 97.2 cm³/mol. The lowest BCUT2D eigenvalue weighted by atomic mass is 9.93. The van der Waals surface area contributed by atoms with Crippen LogP contribution < -0.4 is 4.74 Å². The van der Waals surface area contributed by atoms with Crippen LogP contribution in [0.3, 0.4) is 0 Å². The molecule has 2 fully saturated rings. The molecule has 0 radical (unpaired) electrons. The van der Waals surface area contributed by atoms with Crippen LogP contribution in [0.15, 0.2) is 42.5 Å². The number of fused-ring (bicyclic) bond motifs is 1. The van der Waals surface area contributed by atoms with Gasteiger partial charge in [-0.2, -0.15) is 4.39 Å². The Balaban J connectivity index is 1.39. The van der Waals surface area contributed by atoms with Crippen molar-refractivity contribution >= 4 is 0 Å². The first-order chi connectivity index (χ1) is 13.4. The number of hydrogen-bond donors (Lipinski definition) is 4. The number of ether oxygens (including phenoxy) is 1. The number of aromatic hydroxyl groups is 1. The molecule has 1 aromatic heterocycles. The minimum absolute atomic E-state index is 0.102. The third kappa shape index (κ3) is 3.44. The molecule has 1 aliphatic carbocycles. The molecule has 28 heavy (non-hydrogen) atoms. The van der Waals surface area contributed by atoms with Crippen molar-refractivity contribution in [2.75, 3.05) is 19.6 Å². The Morgan fingerprint density at radius 3 is 2.68 bits per heavy atom. The highest BCUT2D eigenvalue weighted by molar-refractivity contribution is 5.23. The topological polar surface area (TPSA) is 106 Å². The van der Waals surface area contributed by atoms with Crippen LogP contribution in [0.5, 0.6) is 11.5 Å². The first kappa shape index (κ1) is 19.1. The average molecular weight is 390 g/mol. The van der Waals surface area contributed by atoms with Gasteiger partial charge in [0.1, 0.15) is 29.7 Å². The van der Waals surface area contributed by atoms with Gasteiger partial charge in [0.2, 0.25) is 0 Å². The standard InChI is InChI=1S/C20H23FN2O5/c21-19-15(24)7-6-14(22-19)16(25)10-23-9-12-8-17(18(26)20(12,27)11-23)28-13-4-2-1-3-5-13/h1-7,12,16-18,24-27H,8-11H2/t12-,16-,17+,18+,20-/m1/s1. The van der Waals surface area contributed by atoms with Crippen molar-refractivity contribution in [1.82, 2.24) is 9.88 Å². The molecule has 4 rings (SSSR count). The van der Waals surface area contributed by atoms with Gasteiger partial charge < -0.3 is 25.2 Å². The Kier molecular flexibility index (Phi) is 4.96. The van der Waals surface area contributed by atoms with Crippen molar-refractivity contribution in [2.24, 2.45) is 5.92 Å². The third-order valence-corrected chi connectivity index (χ3v) is 5.70. The van der Waals surface area contributed by atoms with Crippen LogP contribution in [-0.2, 0) is 0 Å². The van der Waals surface area contributed by atoms with E-state index in [0.717, 1.165) is 6.07 Å². The molecule has 2 heterocycles. The molecule has 5 atom stereocenters. The molecular formula is C20H23FN2O5. The molecule has 0 unspecified atom stereocenters. The van der Waals surface area contributed by atoms with Crippen molar-refractivity contribution in [1.29, 1.82) is 0 Å². The Morgan fingerprint density at radius 2 is 2.00 bits per heavy atom. The number of para-hydroxylation sites is 1. The zero-order valence-corrected chi connectivity index (χ0v) is 15.1. The van der Waals surface area contributed by atoms with E-state index in [2.05, 4.69) is 4.98 Å². The number of nitrogens with zero attached hydrogens (tertiary/aromatic N) is 2. The first-order valence-electron chi connectivity index (χ1n) is 9.25. The predicted octanol–water partition coefficient (Wildman–Crippen LogP) is 0.835. The molecular weight excluding hydrogens is 367 g/mol. The normalized spacial score (nSPS) is 30.9. The molecule has 1 aliphatic heterocycles. The summed E-state index contributed by atoms with van der Waals surface area (Å²) in [6.07, 6.45) is -2.14. The van der Waals surface area contributed by atoms with Gasteiger partial charge in [-0.15, -0.1) is 0 Å². The molecule has 0 spiro atoms. The summed E-state index contributed by atoms with van der Waals surface area (Å²) in [6.45, 7) is 0.776. The van der Waals surface area contributed by atoms with E-state index in [9.17, 15) is 24.8 Å². The van der Waals surface area contributed by atoms with Gasteiger partial charge in [-0.3, -0.25) is 4.90 Å². The van der Waals surface area contributed by atoms with E-state index in [-0.39, 0.29) is 24.7 Å². The van der Waals surface area contributed by atoms with Gasteiger partial charge in [0, 0.05) is 25.6 Å². The maximum absolute atomic E-state index is 13.4. The van der Waals surface area contributed by atoms with Crippen LogP contribution in [0.2, 0.25) is 0 Å². The highest BCUT2D eigenvalue weighted by Gasteiger charge is 2.59. The van der Waals surface area contributed by atoms with E-state index in [1.807, 2.05) is 23.1 Å². The van der Waals surface area contributed by atoms with Crippen molar-refractivity contribution in [3.05, 3.63) is 54.1 Å². The van der Waals surface area contributed by atoms with Crippen LogP contribution in [0.25, 0.3) is 0 Å². The summed E-state index contributed by atoms with van der Waals surface area (Å²) in [5, 5.41) is 41.2. The smallest absolute Gasteiger partial charge is 0.255 e. The van der Waals surface area contributed by atoms with Crippen molar-refractivity contribution in [3.8, 4) is 11.5 Å². The fourth-order valence-corrected chi connectivity index (χ4v) is 4.26. The average Bonchev–Trinajstić information content (AvgIpc) is 3.10. The van der Waals surface area contributed by atoms with Crippen LogP contribution in [0, 0.1) is 11.9 Å². The second-order valence-electron chi connectivity index (χ2n) is 7.59. The van der Waals surface area contributed by atoms with Gasteiger partial charge in [0.25, 0.3) is 5.95 Å². The van der Waals surface area contributed by atoms with Crippen LogP contribution in [-0.4, -0.2) is 67.8 Å². The van der Waals surface area contributed by atoms with Gasteiger partial charge in [0.05, 0.1) is 5.69 Å². The zero-order valence-electron chi connectivity index (χ0n) is 15.1. The fourth-order valence-electron chi connectivity index (χ4n) is 4.26. The number of aliphatic hydroxyl groups excluding tert-OH is 2. The summed E-state index contributed by atoms with van der Waals surface area (Å²) < 4.78 is 19.2. The van der Waals surface area contributed by atoms with Crippen LogP contribution in [0.1, 0.15) is 18.2 Å².